The number of rotatable bonds is 3. The summed E-state index contributed by atoms with van der Waals surface area (Å²) in [6, 6.07) is 1.57. The molecule has 0 atom stereocenters. The number of hydrogen-bond acceptors (Lipinski definition) is 5. The fourth-order valence-corrected chi connectivity index (χ4v) is 2.25. The largest absolute Gasteiger partial charge is 0.455 e. The molecule has 0 fully saturated rings. The highest BCUT2D eigenvalue weighted by Crippen LogP contribution is 2.29. The minimum absolute atomic E-state index is 0.0488. The molecule has 5 nitrogen and oxygen atoms in total. The fraction of sp³-hybridized carbons (Fsp3) is 0.222. The summed E-state index contributed by atoms with van der Waals surface area (Å²) in [4.78, 5) is 12.3. The van der Waals surface area contributed by atoms with E-state index < -0.39 is 5.97 Å². The van der Waals surface area contributed by atoms with E-state index in [0.29, 0.717) is 15.6 Å². The van der Waals surface area contributed by atoms with E-state index in [0.717, 1.165) is 11.5 Å². The van der Waals surface area contributed by atoms with Crippen LogP contribution in [-0.2, 0) is 18.4 Å². The molecule has 90 valence electrons. The van der Waals surface area contributed by atoms with Gasteiger partial charge in [-0.2, -0.15) is 9.47 Å². The smallest absolute Gasteiger partial charge is 0.356 e. The van der Waals surface area contributed by atoms with Gasteiger partial charge in [0.25, 0.3) is 0 Å². The minimum Gasteiger partial charge on any atom is -0.455 e. The van der Waals surface area contributed by atoms with Gasteiger partial charge in [-0.25, -0.2) is 4.79 Å². The number of carbonyl (C=O) groups is 1. The first-order valence-corrected chi connectivity index (χ1v) is 6.07. The van der Waals surface area contributed by atoms with Crippen molar-refractivity contribution < 1.29 is 9.53 Å². The van der Waals surface area contributed by atoms with Crippen molar-refractivity contribution in [2.24, 2.45) is 7.05 Å². The summed E-state index contributed by atoms with van der Waals surface area (Å²) in [6.07, 6.45) is 1.52. The third-order valence-electron chi connectivity index (χ3n) is 2.03. The first-order valence-electron chi connectivity index (χ1n) is 4.54. The van der Waals surface area contributed by atoms with E-state index in [2.05, 4.69) is 9.47 Å². The van der Waals surface area contributed by atoms with Gasteiger partial charge in [0.1, 0.15) is 12.3 Å². The molecule has 0 amide bonds. The molecule has 0 aliphatic rings. The van der Waals surface area contributed by atoms with Gasteiger partial charge in [-0.15, -0.1) is 0 Å². The van der Waals surface area contributed by atoms with Crippen LogP contribution in [0.2, 0.25) is 10.2 Å². The van der Waals surface area contributed by atoms with E-state index in [9.17, 15) is 4.79 Å². The Balaban J connectivity index is 2.02. The molecule has 2 heterocycles. The normalized spacial score (nSPS) is 10.5. The summed E-state index contributed by atoms with van der Waals surface area (Å²) in [7, 11) is 1.66. The van der Waals surface area contributed by atoms with Gasteiger partial charge >= 0.3 is 5.97 Å². The van der Waals surface area contributed by atoms with E-state index in [1.807, 2.05) is 0 Å². The molecule has 0 N–H and O–H groups in total. The summed E-state index contributed by atoms with van der Waals surface area (Å²) >= 11 is 12.6. The molecule has 17 heavy (non-hydrogen) atoms. The van der Waals surface area contributed by atoms with Crippen LogP contribution in [-0.4, -0.2) is 20.1 Å². The van der Waals surface area contributed by atoms with Crippen molar-refractivity contribution in [2.75, 3.05) is 0 Å². The summed E-state index contributed by atoms with van der Waals surface area (Å²) in [5.74, 6) is -0.467. The highest BCUT2D eigenvalue weighted by Gasteiger charge is 2.15. The van der Waals surface area contributed by atoms with Crippen molar-refractivity contribution >= 4 is 40.7 Å². The van der Waals surface area contributed by atoms with Crippen LogP contribution in [0.3, 0.4) is 0 Å². The molecule has 0 aromatic carbocycles. The van der Waals surface area contributed by atoms with Crippen LogP contribution in [0.25, 0.3) is 0 Å². The Morgan fingerprint density at radius 2 is 2.35 bits per heavy atom. The first kappa shape index (κ1) is 12.3. The zero-order valence-electron chi connectivity index (χ0n) is 8.68. The van der Waals surface area contributed by atoms with Crippen LogP contribution < -0.4 is 0 Å². The summed E-state index contributed by atoms with van der Waals surface area (Å²) in [5, 5.41) is 4.43. The second kappa shape index (κ2) is 5.03. The molecule has 0 spiro atoms. The Labute approximate surface area is 111 Å². The van der Waals surface area contributed by atoms with Crippen molar-refractivity contribution in [3.63, 3.8) is 0 Å². The lowest BCUT2D eigenvalue weighted by molar-refractivity contribution is 0.0464. The minimum atomic E-state index is -0.467. The molecule has 8 heteroatoms. The fourth-order valence-electron chi connectivity index (χ4n) is 1.16. The number of carbonyl (C=O) groups excluding carboxylic acids is 1. The van der Waals surface area contributed by atoms with Gasteiger partial charge < -0.3 is 4.74 Å². The molecule has 0 bridgehead atoms. The molecule has 2 rings (SSSR count). The molecule has 0 saturated heterocycles. The molecule has 2 aromatic rings. The SMILES string of the molecule is Cn1nccc1C(=O)OCc1snc(Cl)c1Cl. The Morgan fingerprint density at radius 3 is 2.88 bits per heavy atom. The first-order chi connectivity index (χ1) is 8.09. The lowest BCUT2D eigenvalue weighted by Gasteiger charge is -2.03. The average Bonchev–Trinajstić information content (AvgIpc) is 2.85. The zero-order valence-corrected chi connectivity index (χ0v) is 11.0. The number of aromatic nitrogens is 3. The van der Waals surface area contributed by atoms with Crippen LogP contribution in [0.4, 0.5) is 0 Å². The third kappa shape index (κ3) is 2.59. The predicted molar refractivity (Wildman–Crippen MR) is 64.5 cm³/mol. The molecular weight excluding hydrogens is 285 g/mol. The summed E-state index contributed by atoms with van der Waals surface area (Å²) in [6.45, 7) is 0.0488. The second-order valence-corrected chi connectivity index (χ2v) is 4.72. The van der Waals surface area contributed by atoms with Crippen molar-refractivity contribution in [3.05, 3.63) is 33.0 Å². The van der Waals surface area contributed by atoms with Crippen molar-refractivity contribution in [3.8, 4) is 0 Å². The van der Waals surface area contributed by atoms with Gasteiger partial charge in [-0.1, -0.05) is 23.2 Å². The summed E-state index contributed by atoms with van der Waals surface area (Å²) < 4.78 is 10.3. The quantitative estimate of drug-likeness (QED) is 0.816. The highest BCUT2D eigenvalue weighted by molar-refractivity contribution is 7.06. The highest BCUT2D eigenvalue weighted by atomic mass is 35.5. The van der Waals surface area contributed by atoms with Crippen molar-refractivity contribution in [2.45, 2.75) is 6.61 Å². The standard InChI is InChI=1S/C9H7Cl2N3O2S/c1-14-5(2-3-12-14)9(15)16-4-6-7(10)8(11)13-17-6/h2-3H,4H2,1H3. The Hall–Kier alpha value is -1.11. The van der Waals surface area contributed by atoms with Crippen LogP contribution in [0.1, 0.15) is 15.4 Å². The monoisotopic (exact) mass is 291 g/mol. The number of hydrogen-bond donors (Lipinski definition) is 0. The van der Waals surface area contributed by atoms with Crippen LogP contribution in [0.5, 0.6) is 0 Å². The van der Waals surface area contributed by atoms with Gasteiger partial charge in [0, 0.05) is 13.2 Å². The number of esters is 1. The lowest BCUT2D eigenvalue weighted by Crippen LogP contribution is -2.10. The van der Waals surface area contributed by atoms with Crippen LogP contribution in [0.15, 0.2) is 12.3 Å². The van der Waals surface area contributed by atoms with E-state index >= 15 is 0 Å². The topological polar surface area (TPSA) is 57.0 Å². The lowest BCUT2D eigenvalue weighted by atomic mass is 10.4. The Morgan fingerprint density at radius 1 is 1.59 bits per heavy atom. The zero-order chi connectivity index (χ0) is 12.4. The van der Waals surface area contributed by atoms with E-state index in [4.69, 9.17) is 27.9 Å². The molecular formula is C9H7Cl2N3O2S. The predicted octanol–water partition coefficient (Wildman–Crippen LogP) is 2.54. The average molecular weight is 292 g/mol. The number of aryl methyl sites for hydroxylation is 1. The number of halogens is 2. The molecule has 2 aromatic heterocycles. The van der Waals surface area contributed by atoms with Gasteiger partial charge in [-0.3, -0.25) is 4.68 Å². The van der Waals surface area contributed by atoms with Crippen LogP contribution in [0, 0.1) is 0 Å². The molecule has 0 unspecified atom stereocenters. The number of nitrogens with zero attached hydrogens (tertiary/aromatic N) is 3. The van der Waals surface area contributed by atoms with E-state index in [1.165, 1.54) is 10.9 Å². The molecule has 0 aliphatic carbocycles. The second-order valence-electron chi connectivity index (χ2n) is 3.13. The maximum atomic E-state index is 11.6. The van der Waals surface area contributed by atoms with Gasteiger partial charge in [0.2, 0.25) is 0 Å². The third-order valence-corrected chi connectivity index (χ3v) is 3.83. The van der Waals surface area contributed by atoms with Crippen molar-refractivity contribution in [1.29, 1.82) is 0 Å². The van der Waals surface area contributed by atoms with Crippen molar-refractivity contribution in [1.82, 2.24) is 14.2 Å². The molecule has 0 aliphatic heterocycles. The number of ether oxygens (including phenoxy) is 1. The molecule has 0 radical (unpaired) electrons. The summed E-state index contributed by atoms with van der Waals surface area (Å²) in [5.41, 5.74) is 0.372. The van der Waals surface area contributed by atoms with E-state index in [-0.39, 0.29) is 11.8 Å². The van der Waals surface area contributed by atoms with Gasteiger partial charge in [0.05, 0.1) is 9.90 Å². The molecule has 0 saturated carbocycles. The van der Waals surface area contributed by atoms with E-state index in [1.54, 1.807) is 13.1 Å². The van der Waals surface area contributed by atoms with Crippen LogP contribution >= 0.6 is 34.7 Å². The Kier molecular flexibility index (Phi) is 3.66. The maximum absolute atomic E-state index is 11.6. The van der Waals surface area contributed by atoms with Gasteiger partial charge in [-0.05, 0) is 17.6 Å². The Bertz CT molecular complexity index is 552. The van der Waals surface area contributed by atoms with Gasteiger partial charge in [0.15, 0.2) is 5.15 Å². The maximum Gasteiger partial charge on any atom is 0.356 e.